The van der Waals surface area contributed by atoms with E-state index < -0.39 is 0 Å². The van der Waals surface area contributed by atoms with Crippen molar-refractivity contribution in [2.75, 3.05) is 0 Å². The lowest BCUT2D eigenvalue weighted by Crippen LogP contribution is -2.22. The molecule has 1 atom stereocenters. The highest BCUT2D eigenvalue weighted by atomic mass is 15.0. The lowest BCUT2D eigenvalue weighted by atomic mass is 9.75. The van der Waals surface area contributed by atoms with Crippen LogP contribution in [0.3, 0.4) is 0 Å². The lowest BCUT2D eigenvalue weighted by Gasteiger charge is -2.26. The molecule has 0 spiro atoms. The first-order chi connectivity index (χ1) is 9.71. The largest absolute Gasteiger partial charge is 0.319 e. The number of para-hydroxylation sites is 1. The molecule has 0 aliphatic carbocycles. The van der Waals surface area contributed by atoms with Gasteiger partial charge in [0.05, 0.1) is 5.41 Å². The summed E-state index contributed by atoms with van der Waals surface area (Å²) in [7, 11) is 0. The Balaban J connectivity index is 2.04. The quantitative estimate of drug-likeness (QED) is 0.608. The van der Waals surface area contributed by atoms with Crippen molar-refractivity contribution in [3.8, 4) is 5.69 Å². The van der Waals surface area contributed by atoms with E-state index in [4.69, 9.17) is 0 Å². The van der Waals surface area contributed by atoms with E-state index in [1.54, 1.807) is 0 Å². The molecule has 1 aliphatic heterocycles. The highest BCUT2D eigenvalue weighted by molar-refractivity contribution is 5.62. The molecule has 0 radical (unpaired) electrons. The highest BCUT2D eigenvalue weighted by Crippen LogP contribution is 2.47. The van der Waals surface area contributed by atoms with Crippen LogP contribution < -0.4 is 0 Å². The molecule has 3 aromatic rings. The maximum absolute atomic E-state index is 2.33. The molecule has 1 aromatic heterocycles. The number of benzene rings is 2. The van der Waals surface area contributed by atoms with E-state index >= 15 is 0 Å². The van der Waals surface area contributed by atoms with E-state index in [0.29, 0.717) is 0 Å². The monoisotopic (exact) mass is 259 g/mol. The molecule has 0 saturated carbocycles. The van der Waals surface area contributed by atoms with Crippen molar-refractivity contribution in [2.45, 2.75) is 19.3 Å². The zero-order chi connectivity index (χ0) is 13.7. The molecular weight excluding hydrogens is 242 g/mol. The first-order valence-corrected chi connectivity index (χ1v) is 7.06. The first kappa shape index (κ1) is 11.5. The zero-order valence-corrected chi connectivity index (χ0v) is 11.8. The molecule has 0 fully saturated rings. The predicted octanol–water partition coefficient (Wildman–Crippen LogP) is 4.45. The van der Waals surface area contributed by atoms with Gasteiger partial charge in [-0.1, -0.05) is 48.0 Å². The molecule has 1 unspecified atom stereocenters. The van der Waals surface area contributed by atoms with Crippen LogP contribution >= 0.6 is 0 Å². The number of hydrogen-bond donors (Lipinski definition) is 0. The van der Waals surface area contributed by atoms with E-state index in [1.807, 2.05) is 0 Å². The Morgan fingerprint density at radius 2 is 1.60 bits per heavy atom. The summed E-state index contributed by atoms with van der Waals surface area (Å²) in [5, 5.41) is 0. The molecule has 0 amide bonds. The minimum absolute atomic E-state index is 0.0617. The third-order valence-electron chi connectivity index (χ3n) is 4.59. The van der Waals surface area contributed by atoms with Crippen molar-refractivity contribution in [3.63, 3.8) is 0 Å². The molecule has 2 aromatic carbocycles. The SMILES string of the molecule is Cc1ccc(C2(C)c3ccccc3-n3cccc32)cc1. The van der Waals surface area contributed by atoms with Gasteiger partial charge in [0.25, 0.3) is 0 Å². The van der Waals surface area contributed by atoms with Crippen LogP contribution in [-0.2, 0) is 5.41 Å². The van der Waals surface area contributed by atoms with Gasteiger partial charge in [-0.3, -0.25) is 0 Å². The molecule has 1 heteroatoms. The van der Waals surface area contributed by atoms with Gasteiger partial charge < -0.3 is 4.57 Å². The van der Waals surface area contributed by atoms with Gasteiger partial charge in [-0.2, -0.15) is 0 Å². The van der Waals surface area contributed by atoms with Gasteiger partial charge in [-0.05, 0) is 43.2 Å². The summed E-state index contributed by atoms with van der Waals surface area (Å²) in [6.07, 6.45) is 2.16. The van der Waals surface area contributed by atoms with Gasteiger partial charge in [0.1, 0.15) is 0 Å². The fourth-order valence-electron chi connectivity index (χ4n) is 3.43. The van der Waals surface area contributed by atoms with Gasteiger partial charge >= 0.3 is 0 Å². The van der Waals surface area contributed by atoms with Crippen LogP contribution in [0.1, 0.15) is 29.3 Å². The van der Waals surface area contributed by atoms with Crippen LogP contribution in [0.2, 0.25) is 0 Å². The standard InChI is InChI=1S/C19H17N/c1-14-9-11-15(12-10-14)19(2)16-6-3-4-7-17(16)20-13-5-8-18(19)20/h3-13H,1-2H3. The Bertz CT molecular complexity index is 780. The molecular formula is C19H17N. The number of hydrogen-bond acceptors (Lipinski definition) is 0. The lowest BCUT2D eigenvalue weighted by molar-refractivity contribution is 0.693. The Morgan fingerprint density at radius 1 is 0.850 bits per heavy atom. The molecule has 0 N–H and O–H groups in total. The molecule has 2 heterocycles. The van der Waals surface area contributed by atoms with Crippen LogP contribution in [0.25, 0.3) is 5.69 Å². The molecule has 0 saturated heterocycles. The summed E-state index contributed by atoms with van der Waals surface area (Å²) in [6.45, 7) is 4.47. The van der Waals surface area contributed by atoms with E-state index in [0.717, 1.165) is 0 Å². The van der Waals surface area contributed by atoms with Crippen LogP contribution in [0.4, 0.5) is 0 Å². The first-order valence-electron chi connectivity index (χ1n) is 7.06. The Kier molecular flexibility index (Phi) is 2.23. The second-order valence-electron chi connectivity index (χ2n) is 5.77. The van der Waals surface area contributed by atoms with E-state index in [-0.39, 0.29) is 5.41 Å². The van der Waals surface area contributed by atoms with E-state index in [2.05, 4.69) is 85.3 Å². The fourth-order valence-corrected chi connectivity index (χ4v) is 3.43. The summed E-state index contributed by atoms with van der Waals surface area (Å²) < 4.78 is 2.31. The van der Waals surface area contributed by atoms with Gasteiger partial charge in [-0.15, -0.1) is 0 Å². The Morgan fingerprint density at radius 3 is 2.40 bits per heavy atom. The van der Waals surface area contributed by atoms with E-state index in [1.165, 1.54) is 28.1 Å². The average Bonchev–Trinajstić information content (AvgIpc) is 3.04. The number of fused-ring (bicyclic) bond motifs is 3. The fraction of sp³-hybridized carbons (Fsp3) is 0.158. The van der Waals surface area contributed by atoms with Crippen LogP contribution in [0, 0.1) is 6.92 Å². The molecule has 20 heavy (non-hydrogen) atoms. The summed E-state index contributed by atoms with van der Waals surface area (Å²) in [6, 6.07) is 22.0. The maximum atomic E-state index is 2.33. The van der Waals surface area contributed by atoms with Crippen LogP contribution in [0.15, 0.2) is 66.9 Å². The average molecular weight is 259 g/mol. The molecule has 0 bridgehead atoms. The van der Waals surface area contributed by atoms with Crippen LogP contribution in [0.5, 0.6) is 0 Å². The second-order valence-corrected chi connectivity index (χ2v) is 5.77. The van der Waals surface area contributed by atoms with Crippen molar-refractivity contribution < 1.29 is 0 Å². The van der Waals surface area contributed by atoms with E-state index in [9.17, 15) is 0 Å². The predicted molar refractivity (Wildman–Crippen MR) is 82.5 cm³/mol. The minimum atomic E-state index is -0.0617. The Labute approximate surface area is 119 Å². The topological polar surface area (TPSA) is 4.93 Å². The molecule has 98 valence electrons. The maximum Gasteiger partial charge on any atom is 0.0599 e. The van der Waals surface area contributed by atoms with Gasteiger partial charge in [0.15, 0.2) is 0 Å². The third kappa shape index (κ3) is 1.32. The van der Waals surface area contributed by atoms with Crippen molar-refractivity contribution in [1.29, 1.82) is 0 Å². The van der Waals surface area contributed by atoms with Gasteiger partial charge in [-0.25, -0.2) is 0 Å². The Hall–Kier alpha value is -2.28. The number of rotatable bonds is 1. The van der Waals surface area contributed by atoms with Gasteiger partial charge in [0, 0.05) is 17.6 Å². The number of aryl methyl sites for hydroxylation is 1. The zero-order valence-electron chi connectivity index (χ0n) is 11.8. The van der Waals surface area contributed by atoms with Gasteiger partial charge in [0.2, 0.25) is 0 Å². The highest BCUT2D eigenvalue weighted by Gasteiger charge is 2.40. The molecule has 1 aliphatic rings. The number of aromatic nitrogens is 1. The minimum Gasteiger partial charge on any atom is -0.319 e. The van der Waals surface area contributed by atoms with Crippen molar-refractivity contribution in [2.24, 2.45) is 0 Å². The summed E-state index contributed by atoms with van der Waals surface area (Å²) >= 11 is 0. The second kappa shape index (κ2) is 3.86. The smallest absolute Gasteiger partial charge is 0.0599 e. The molecule has 1 nitrogen and oxygen atoms in total. The van der Waals surface area contributed by atoms with Crippen LogP contribution in [-0.4, -0.2) is 4.57 Å². The van der Waals surface area contributed by atoms with Crippen molar-refractivity contribution >= 4 is 0 Å². The van der Waals surface area contributed by atoms with Crippen molar-refractivity contribution in [1.82, 2.24) is 4.57 Å². The normalized spacial score (nSPS) is 19.7. The summed E-state index contributed by atoms with van der Waals surface area (Å²) in [5.41, 5.74) is 6.64. The van der Waals surface area contributed by atoms with Crippen molar-refractivity contribution in [3.05, 3.63) is 89.2 Å². The molecule has 4 rings (SSSR count). The summed E-state index contributed by atoms with van der Waals surface area (Å²) in [4.78, 5) is 0. The summed E-state index contributed by atoms with van der Waals surface area (Å²) in [5.74, 6) is 0. The third-order valence-corrected chi connectivity index (χ3v) is 4.59. The number of nitrogens with zero attached hydrogens (tertiary/aromatic N) is 1.